The summed E-state index contributed by atoms with van der Waals surface area (Å²) in [5, 5.41) is 0. The van der Waals surface area contributed by atoms with Crippen LogP contribution in [0.3, 0.4) is 0 Å². The van der Waals surface area contributed by atoms with E-state index in [9.17, 15) is 4.57 Å². The van der Waals surface area contributed by atoms with Gasteiger partial charge in [0, 0.05) is 12.3 Å². The highest BCUT2D eigenvalue weighted by Crippen LogP contribution is 2.54. The van der Waals surface area contributed by atoms with E-state index < -0.39 is 7.82 Å². The molecular weight excluding hydrogens is 249 g/mol. The first-order valence-electron chi connectivity index (χ1n) is 5.35. The summed E-state index contributed by atoms with van der Waals surface area (Å²) < 4.78 is 27.5. The molecule has 1 heterocycles. The summed E-state index contributed by atoms with van der Waals surface area (Å²) in [7, 11) is 0.609. The van der Waals surface area contributed by atoms with E-state index in [1.807, 2.05) is 19.0 Å². The van der Waals surface area contributed by atoms with Gasteiger partial charge in [-0.25, -0.2) is 4.57 Å². The molecule has 0 aromatic carbocycles. The molecule has 16 heavy (non-hydrogen) atoms. The van der Waals surface area contributed by atoms with Gasteiger partial charge in [0.05, 0.1) is 13.2 Å². The topological polar surface area (TPSA) is 48.0 Å². The molecule has 5 nitrogen and oxygen atoms in total. The zero-order chi connectivity index (χ0) is 12.0. The minimum absolute atomic E-state index is 0.153. The summed E-state index contributed by atoms with van der Waals surface area (Å²) in [5.41, 5.74) is 0. The van der Waals surface area contributed by atoms with Gasteiger partial charge in [0.2, 0.25) is 0 Å². The highest BCUT2D eigenvalue weighted by Gasteiger charge is 2.38. The number of rotatable bonds is 7. The second-order valence-electron chi connectivity index (χ2n) is 3.76. The molecule has 2 unspecified atom stereocenters. The Labute approximate surface area is 101 Å². The van der Waals surface area contributed by atoms with Gasteiger partial charge in [0.1, 0.15) is 6.10 Å². The lowest BCUT2D eigenvalue weighted by Crippen LogP contribution is -2.27. The number of phosphoric ester groups is 1. The zero-order valence-corrected chi connectivity index (χ0v) is 11.8. The molecule has 1 saturated heterocycles. The Kier molecular flexibility index (Phi) is 6.32. The molecule has 1 rings (SSSR count). The van der Waals surface area contributed by atoms with Crippen LogP contribution in [0.15, 0.2) is 0 Å². The lowest BCUT2D eigenvalue weighted by Gasteiger charge is -2.14. The number of phosphoric acid groups is 1. The van der Waals surface area contributed by atoms with E-state index in [0.717, 1.165) is 11.5 Å². The van der Waals surface area contributed by atoms with E-state index in [1.54, 1.807) is 11.8 Å². The van der Waals surface area contributed by atoms with Crippen LogP contribution in [0.25, 0.3) is 0 Å². The summed E-state index contributed by atoms with van der Waals surface area (Å²) in [6, 6.07) is 0. The Morgan fingerprint density at radius 1 is 1.56 bits per heavy atom. The molecule has 0 aliphatic carbocycles. The molecule has 0 bridgehead atoms. The van der Waals surface area contributed by atoms with Crippen LogP contribution in [0.4, 0.5) is 0 Å². The smallest absolute Gasteiger partial charge is 0.307 e. The quantitative estimate of drug-likeness (QED) is 0.519. The van der Waals surface area contributed by atoms with Gasteiger partial charge in [-0.05, 0) is 19.8 Å². The number of hydrogen-bond acceptors (Lipinski definition) is 6. The van der Waals surface area contributed by atoms with Gasteiger partial charge in [-0.3, -0.25) is 13.6 Å². The highest BCUT2D eigenvalue weighted by molar-refractivity contribution is 7.99. The van der Waals surface area contributed by atoms with Crippen molar-refractivity contribution in [3.05, 3.63) is 0 Å². The Morgan fingerprint density at radius 3 is 2.94 bits per heavy atom. The van der Waals surface area contributed by atoms with Crippen molar-refractivity contribution in [3.63, 3.8) is 0 Å². The molecule has 96 valence electrons. The average molecular weight is 269 g/mol. The summed E-state index contributed by atoms with van der Waals surface area (Å²) in [4.78, 5) is 1.97. The van der Waals surface area contributed by atoms with Crippen molar-refractivity contribution in [2.45, 2.75) is 13.0 Å². The molecule has 1 aliphatic rings. The predicted molar refractivity (Wildman–Crippen MR) is 65.9 cm³/mol. The maximum atomic E-state index is 11.9. The molecule has 1 aliphatic heterocycles. The molecule has 1 fully saturated rings. The number of hydrogen-bond donors (Lipinski definition) is 0. The van der Waals surface area contributed by atoms with E-state index in [1.165, 1.54) is 0 Å². The summed E-state index contributed by atoms with van der Waals surface area (Å²) in [6.45, 7) is 3.51. The van der Waals surface area contributed by atoms with Gasteiger partial charge < -0.3 is 4.90 Å². The molecule has 0 N–H and O–H groups in total. The minimum Gasteiger partial charge on any atom is -0.307 e. The van der Waals surface area contributed by atoms with Gasteiger partial charge in [0.25, 0.3) is 0 Å². The Morgan fingerprint density at radius 2 is 2.31 bits per heavy atom. The van der Waals surface area contributed by atoms with Gasteiger partial charge in [-0.2, -0.15) is 11.8 Å². The molecular formula is C9H20NO4PS. The van der Waals surface area contributed by atoms with E-state index >= 15 is 0 Å². The summed E-state index contributed by atoms with van der Waals surface area (Å²) in [6.07, 6.45) is -0.153. The Balaban J connectivity index is 2.24. The van der Waals surface area contributed by atoms with Gasteiger partial charge in [-0.15, -0.1) is 0 Å². The van der Waals surface area contributed by atoms with Gasteiger partial charge in [0.15, 0.2) is 0 Å². The first-order chi connectivity index (χ1) is 7.56. The first kappa shape index (κ1) is 14.5. The van der Waals surface area contributed by atoms with Crippen LogP contribution in [-0.2, 0) is 18.1 Å². The maximum absolute atomic E-state index is 11.9. The largest absolute Gasteiger partial charge is 0.475 e. The zero-order valence-electron chi connectivity index (χ0n) is 10.0. The summed E-state index contributed by atoms with van der Waals surface area (Å²) in [5.74, 6) is 1.84. The molecule has 0 radical (unpaired) electrons. The van der Waals surface area contributed by atoms with E-state index in [2.05, 4.69) is 6.92 Å². The fourth-order valence-electron chi connectivity index (χ4n) is 1.33. The second-order valence-corrected chi connectivity index (χ2v) is 6.78. The van der Waals surface area contributed by atoms with Crippen LogP contribution in [0.5, 0.6) is 0 Å². The first-order valence-corrected chi connectivity index (χ1v) is 7.97. The van der Waals surface area contributed by atoms with Gasteiger partial charge >= 0.3 is 7.82 Å². The van der Waals surface area contributed by atoms with Crippen molar-refractivity contribution in [1.29, 1.82) is 0 Å². The number of thioether (sulfide) groups is 1. The standard InChI is InChI=1S/C9H20NO4PS/c1-4-16-6-5-12-15(11)13-8-9(14-15)7-10(2)3/h9H,4-8H2,1-3H3. The van der Waals surface area contributed by atoms with E-state index in [4.69, 9.17) is 13.6 Å². The number of nitrogens with zero attached hydrogens (tertiary/aromatic N) is 1. The van der Waals surface area contributed by atoms with Crippen LogP contribution in [0.2, 0.25) is 0 Å². The molecule has 0 aromatic heterocycles. The predicted octanol–water partition coefficient (Wildman–Crippen LogP) is 1.84. The van der Waals surface area contributed by atoms with E-state index in [-0.39, 0.29) is 6.10 Å². The number of likely N-dealkylation sites (N-methyl/N-ethyl adjacent to an activating group) is 1. The highest BCUT2D eigenvalue weighted by atomic mass is 32.2. The molecule has 0 saturated carbocycles. The van der Waals surface area contributed by atoms with Gasteiger partial charge in [-0.1, -0.05) is 6.92 Å². The fraction of sp³-hybridized carbons (Fsp3) is 1.00. The van der Waals surface area contributed by atoms with Crippen LogP contribution in [-0.4, -0.2) is 56.4 Å². The molecule has 0 aromatic rings. The van der Waals surface area contributed by atoms with Crippen molar-refractivity contribution < 1.29 is 18.1 Å². The fourth-order valence-corrected chi connectivity index (χ4v) is 3.30. The maximum Gasteiger partial charge on any atom is 0.475 e. The van der Waals surface area contributed by atoms with Crippen LogP contribution in [0.1, 0.15) is 6.92 Å². The third-order valence-corrected chi connectivity index (χ3v) is 4.33. The normalized spacial score (nSPS) is 30.1. The lowest BCUT2D eigenvalue weighted by molar-refractivity contribution is 0.158. The Bertz CT molecular complexity index is 252. The third-order valence-electron chi connectivity index (χ3n) is 1.95. The summed E-state index contributed by atoms with van der Waals surface area (Å²) >= 11 is 1.74. The van der Waals surface area contributed by atoms with Crippen LogP contribution < -0.4 is 0 Å². The third kappa shape index (κ3) is 5.17. The van der Waals surface area contributed by atoms with Crippen LogP contribution in [0, 0.1) is 0 Å². The van der Waals surface area contributed by atoms with Crippen molar-refractivity contribution in [2.24, 2.45) is 0 Å². The lowest BCUT2D eigenvalue weighted by atomic mass is 10.4. The molecule has 2 atom stereocenters. The SMILES string of the molecule is CCSCCOP1(=O)OCC(CN(C)C)O1. The average Bonchev–Trinajstić information content (AvgIpc) is 2.55. The van der Waals surface area contributed by atoms with E-state index in [0.29, 0.717) is 19.8 Å². The van der Waals surface area contributed by atoms with Crippen molar-refractivity contribution in [1.82, 2.24) is 4.90 Å². The second kappa shape index (κ2) is 6.99. The van der Waals surface area contributed by atoms with Crippen molar-refractivity contribution >= 4 is 19.6 Å². The molecule has 7 heteroatoms. The minimum atomic E-state index is -3.26. The molecule has 0 spiro atoms. The monoisotopic (exact) mass is 269 g/mol. The molecule has 0 amide bonds. The van der Waals surface area contributed by atoms with Crippen molar-refractivity contribution in [3.8, 4) is 0 Å². The Hall–Kier alpha value is 0.420. The van der Waals surface area contributed by atoms with Crippen LogP contribution >= 0.6 is 19.6 Å². The van der Waals surface area contributed by atoms with Crippen molar-refractivity contribution in [2.75, 3.05) is 45.4 Å².